The third kappa shape index (κ3) is 3.26. The third-order valence-corrected chi connectivity index (χ3v) is 5.68. The summed E-state index contributed by atoms with van der Waals surface area (Å²) in [6, 6.07) is 16.6. The van der Waals surface area contributed by atoms with Gasteiger partial charge in [0.15, 0.2) is 0 Å². The van der Waals surface area contributed by atoms with Gasteiger partial charge in [0.25, 0.3) is 0 Å². The van der Waals surface area contributed by atoms with Crippen LogP contribution in [-0.4, -0.2) is 43.9 Å². The Labute approximate surface area is 171 Å². The Morgan fingerprint density at radius 3 is 2.24 bits per heavy atom. The van der Waals surface area contributed by atoms with Crippen LogP contribution in [-0.2, 0) is 19.1 Å². The smallest absolute Gasteiger partial charge is 0.234 e. The molecule has 0 aliphatic heterocycles. The fourth-order valence-electron chi connectivity index (χ4n) is 4.12. The number of amides is 1. The fourth-order valence-corrected chi connectivity index (χ4v) is 4.12. The lowest BCUT2D eigenvalue weighted by Crippen LogP contribution is -2.54. The molecule has 0 N–H and O–H groups in total. The number of methoxy groups -OCH3 is 2. The first-order valence-electron chi connectivity index (χ1n) is 9.51. The first kappa shape index (κ1) is 19.4. The zero-order valence-corrected chi connectivity index (χ0v) is 16.6. The van der Waals surface area contributed by atoms with Gasteiger partial charge in [0.1, 0.15) is 17.4 Å². The van der Waals surface area contributed by atoms with Crippen molar-refractivity contribution in [1.29, 1.82) is 0 Å². The van der Waals surface area contributed by atoms with Gasteiger partial charge >= 0.3 is 0 Å². The van der Waals surface area contributed by atoms with Gasteiger partial charge in [0, 0.05) is 13.0 Å². The molecule has 4 rings (SSSR count). The number of hydrogen-bond acceptors (Lipinski definition) is 4. The maximum atomic E-state index is 11.9. The van der Waals surface area contributed by atoms with Gasteiger partial charge in [-0.25, -0.2) is 5.06 Å². The number of carbonyl (C=O) groups is 1. The number of carbonyl (C=O) groups excluding carboxylic acids is 1. The second-order valence-corrected chi connectivity index (χ2v) is 7.21. The van der Waals surface area contributed by atoms with Crippen LogP contribution in [0.5, 0.6) is 0 Å². The van der Waals surface area contributed by atoms with E-state index in [1.54, 1.807) is 32.4 Å². The molecule has 5 nitrogen and oxygen atoms in total. The lowest BCUT2D eigenvalue weighted by atomic mass is 9.89. The Bertz CT molecular complexity index is 921. The predicted octanol–water partition coefficient (Wildman–Crippen LogP) is 3.88. The SMILES string of the molecule is [CH2]C1(N(C=O)OCC2c3ccccc3-c3ccccc32)C=CC(OC)=CC1OC. The second-order valence-electron chi connectivity index (χ2n) is 7.21. The van der Waals surface area contributed by atoms with Crippen molar-refractivity contribution in [3.8, 4) is 11.1 Å². The molecule has 2 aliphatic rings. The van der Waals surface area contributed by atoms with Crippen LogP contribution in [0.2, 0.25) is 0 Å². The van der Waals surface area contributed by atoms with Crippen LogP contribution in [0.15, 0.2) is 72.5 Å². The van der Waals surface area contributed by atoms with Crippen LogP contribution in [0.25, 0.3) is 11.1 Å². The number of fused-ring (bicyclic) bond motifs is 3. The molecule has 5 heteroatoms. The Balaban J connectivity index is 1.59. The van der Waals surface area contributed by atoms with Crippen molar-refractivity contribution < 1.29 is 19.1 Å². The Morgan fingerprint density at radius 1 is 1.07 bits per heavy atom. The van der Waals surface area contributed by atoms with E-state index in [0.29, 0.717) is 18.8 Å². The molecule has 2 atom stereocenters. The molecule has 2 aliphatic carbocycles. The highest BCUT2D eigenvalue weighted by atomic mass is 16.7. The number of rotatable bonds is 7. The van der Waals surface area contributed by atoms with E-state index in [0.717, 1.165) is 0 Å². The van der Waals surface area contributed by atoms with Crippen molar-refractivity contribution in [3.63, 3.8) is 0 Å². The summed E-state index contributed by atoms with van der Waals surface area (Å²) in [7, 11) is 3.15. The van der Waals surface area contributed by atoms with Gasteiger partial charge in [-0.2, -0.15) is 0 Å². The third-order valence-electron chi connectivity index (χ3n) is 5.68. The van der Waals surface area contributed by atoms with E-state index in [2.05, 4.69) is 31.2 Å². The average molecular weight is 390 g/mol. The molecule has 2 unspecified atom stereocenters. The summed E-state index contributed by atoms with van der Waals surface area (Å²) >= 11 is 0. The molecule has 1 radical (unpaired) electrons. The molecule has 149 valence electrons. The Hall–Kier alpha value is -2.89. The molecule has 2 aromatic rings. The number of hydrogen-bond donors (Lipinski definition) is 0. The van der Waals surface area contributed by atoms with Crippen LogP contribution >= 0.6 is 0 Å². The lowest BCUT2D eigenvalue weighted by Gasteiger charge is -2.41. The quantitative estimate of drug-likeness (QED) is 0.532. The van der Waals surface area contributed by atoms with Crippen molar-refractivity contribution in [2.24, 2.45) is 0 Å². The minimum atomic E-state index is -1.03. The normalized spacial score (nSPS) is 22.6. The highest BCUT2D eigenvalue weighted by Crippen LogP contribution is 2.44. The summed E-state index contributed by atoms with van der Waals surface area (Å²) in [6.45, 7) is 4.53. The second kappa shape index (κ2) is 7.85. The molecular weight excluding hydrogens is 366 g/mol. The minimum Gasteiger partial charge on any atom is -0.497 e. The lowest BCUT2D eigenvalue weighted by molar-refractivity contribution is -0.208. The molecule has 2 aromatic carbocycles. The van der Waals surface area contributed by atoms with E-state index in [4.69, 9.17) is 14.3 Å². The Kier molecular flexibility index (Phi) is 5.26. The number of nitrogens with zero attached hydrogens (tertiary/aromatic N) is 1. The molecule has 0 bridgehead atoms. The molecule has 0 heterocycles. The first-order valence-corrected chi connectivity index (χ1v) is 9.51. The van der Waals surface area contributed by atoms with Gasteiger partial charge in [-0.3, -0.25) is 9.63 Å². The highest BCUT2D eigenvalue weighted by Gasteiger charge is 2.41. The molecule has 1 amide bonds. The number of allylic oxidation sites excluding steroid dienone is 1. The maximum absolute atomic E-state index is 11.9. The first-order chi connectivity index (χ1) is 14.1. The summed E-state index contributed by atoms with van der Waals surface area (Å²) in [5.41, 5.74) is 3.77. The van der Waals surface area contributed by atoms with Crippen molar-refractivity contribution >= 4 is 6.41 Å². The van der Waals surface area contributed by atoms with Crippen LogP contribution in [0, 0.1) is 6.92 Å². The molecule has 0 fully saturated rings. The zero-order valence-electron chi connectivity index (χ0n) is 16.6. The van der Waals surface area contributed by atoms with Crippen molar-refractivity contribution in [1.82, 2.24) is 5.06 Å². The largest absolute Gasteiger partial charge is 0.497 e. The van der Waals surface area contributed by atoms with Crippen molar-refractivity contribution in [2.45, 2.75) is 17.6 Å². The van der Waals surface area contributed by atoms with Gasteiger partial charge in [-0.05, 0) is 47.4 Å². The standard InChI is InChI=1S/C24H24NO4/c1-24(13-12-17(27-2)14-23(24)28-3)25(16-26)29-15-22-20-10-6-4-8-18(20)19-9-5-7-11-21(19)22/h4-14,16,22-23H,1,15H2,2-3H3. The molecule has 0 saturated carbocycles. The van der Waals surface area contributed by atoms with Gasteiger partial charge < -0.3 is 9.47 Å². The number of hydroxylamine groups is 2. The highest BCUT2D eigenvalue weighted by molar-refractivity contribution is 5.78. The monoisotopic (exact) mass is 390 g/mol. The van der Waals surface area contributed by atoms with Crippen LogP contribution in [0.1, 0.15) is 17.0 Å². The molecule has 0 spiro atoms. The van der Waals surface area contributed by atoms with E-state index in [1.165, 1.54) is 27.3 Å². The number of ether oxygens (including phenoxy) is 2. The Morgan fingerprint density at radius 2 is 1.69 bits per heavy atom. The van der Waals surface area contributed by atoms with Crippen molar-refractivity contribution in [3.05, 3.63) is 90.6 Å². The average Bonchev–Trinajstić information content (AvgIpc) is 3.08. The van der Waals surface area contributed by atoms with Gasteiger partial charge in [-0.1, -0.05) is 48.5 Å². The van der Waals surface area contributed by atoms with E-state index >= 15 is 0 Å². The van der Waals surface area contributed by atoms with E-state index in [1.807, 2.05) is 24.3 Å². The van der Waals surface area contributed by atoms with E-state index in [-0.39, 0.29) is 5.92 Å². The molecule has 29 heavy (non-hydrogen) atoms. The summed E-state index contributed by atoms with van der Waals surface area (Å²) in [5, 5.41) is 1.24. The summed E-state index contributed by atoms with van der Waals surface area (Å²) in [4.78, 5) is 18.0. The van der Waals surface area contributed by atoms with E-state index < -0.39 is 11.6 Å². The summed E-state index contributed by atoms with van der Waals surface area (Å²) in [6.07, 6.45) is 5.47. The van der Waals surface area contributed by atoms with Crippen molar-refractivity contribution in [2.75, 3.05) is 20.8 Å². The van der Waals surface area contributed by atoms with Crippen LogP contribution in [0.4, 0.5) is 0 Å². The topological polar surface area (TPSA) is 48.0 Å². The van der Waals surface area contributed by atoms with E-state index in [9.17, 15) is 4.79 Å². The molecular formula is C24H24NO4. The predicted molar refractivity (Wildman–Crippen MR) is 111 cm³/mol. The van der Waals surface area contributed by atoms with Gasteiger partial charge in [0.2, 0.25) is 6.41 Å². The van der Waals surface area contributed by atoms with Crippen LogP contribution < -0.4 is 0 Å². The molecule has 0 saturated heterocycles. The van der Waals surface area contributed by atoms with Crippen LogP contribution in [0.3, 0.4) is 0 Å². The fraction of sp³-hybridized carbons (Fsp3) is 0.250. The number of benzene rings is 2. The summed E-state index contributed by atoms with van der Waals surface area (Å²) < 4.78 is 10.8. The van der Waals surface area contributed by atoms with Gasteiger partial charge in [0.05, 0.1) is 13.7 Å². The minimum absolute atomic E-state index is 0.0343. The molecule has 0 aromatic heterocycles. The van der Waals surface area contributed by atoms with Gasteiger partial charge in [-0.15, -0.1) is 0 Å². The maximum Gasteiger partial charge on any atom is 0.234 e. The zero-order chi connectivity index (χ0) is 20.4. The summed E-state index contributed by atoms with van der Waals surface area (Å²) in [5.74, 6) is 0.688.